The number of rotatable bonds is 5. The van der Waals surface area contributed by atoms with Gasteiger partial charge in [-0.05, 0) is 41.3 Å². The Morgan fingerprint density at radius 2 is 1.89 bits per heavy atom. The highest BCUT2D eigenvalue weighted by Gasteiger charge is 2.30. The summed E-state index contributed by atoms with van der Waals surface area (Å²) >= 11 is 9.01. The van der Waals surface area contributed by atoms with Crippen LogP contribution in [0, 0.1) is 0 Å². The number of thiophene rings is 1. The van der Waals surface area contributed by atoms with Crippen LogP contribution in [0.2, 0.25) is 5.02 Å². The molecule has 0 fully saturated rings. The smallest absolute Gasteiger partial charge is 0.238 e. The molecule has 0 aliphatic carbocycles. The lowest BCUT2D eigenvalue weighted by Gasteiger charge is -2.25. The molecule has 2 aromatic carbocycles. The number of carbonyl (C=O) groups excluding carboxylic acids is 2. The van der Waals surface area contributed by atoms with Crippen LogP contribution in [-0.2, 0) is 9.59 Å². The second-order valence-corrected chi connectivity index (χ2v) is 9.02. The van der Waals surface area contributed by atoms with E-state index < -0.39 is 5.25 Å². The standard InChI is InChI=1S/C21H17ClN2O2S2/c22-14-9-7-13(8-10-14)20(17-6-3-11-27-17)24-19(25)12-18-21(26)23-15-4-1-2-5-16(15)28-18/h1-11,18,20H,12H2,(H,23,26)(H,24,25). The fourth-order valence-corrected chi connectivity index (χ4v) is 5.08. The molecule has 3 aromatic rings. The van der Waals surface area contributed by atoms with Crippen LogP contribution in [0.15, 0.2) is 70.9 Å². The van der Waals surface area contributed by atoms with Crippen LogP contribution < -0.4 is 10.6 Å². The third kappa shape index (κ3) is 4.24. The van der Waals surface area contributed by atoms with Gasteiger partial charge in [-0.15, -0.1) is 23.1 Å². The van der Waals surface area contributed by atoms with Crippen molar-refractivity contribution >= 4 is 52.2 Å². The summed E-state index contributed by atoms with van der Waals surface area (Å²) in [5.41, 5.74) is 1.75. The van der Waals surface area contributed by atoms with Crippen molar-refractivity contribution in [3.05, 3.63) is 81.5 Å². The lowest BCUT2D eigenvalue weighted by molar-refractivity contribution is -0.124. The third-order valence-corrected chi connectivity index (χ3v) is 6.88. The number of anilines is 1. The van der Waals surface area contributed by atoms with Crippen LogP contribution in [0.5, 0.6) is 0 Å². The maximum absolute atomic E-state index is 12.8. The van der Waals surface area contributed by atoms with Crippen molar-refractivity contribution in [3.8, 4) is 0 Å². The molecule has 2 amide bonds. The Kier molecular flexibility index (Phi) is 5.71. The SMILES string of the molecule is O=C(CC1Sc2ccccc2NC1=O)NC(c1ccc(Cl)cc1)c1cccs1. The molecule has 0 saturated carbocycles. The van der Waals surface area contributed by atoms with Crippen LogP contribution in [0.25, 0.3) is 0 Å². The van der Waals surface area contributed by atoms with E-state index in [1.165, 1.54) is 11.8 Å². The quantitative estimate of drug-likeness (QED) is 0.593. The van der Waals surface area contributed by atoms with Crippen molar-refractivity contribution in [2.24, 2.45) is 0 Å². The molecule has 2 N–H and O–H groups in total. The van der Waals surface area contributed by atoms with Crippen molar-refractivity contribution in [1.29, 1.82) is 0 Å². The van der Waals surface area contributed by atoms with Gasteiger partial charge < -0.3 is 10.6 Å². The summed E-state index contributed by atoms with van der Waals surface area (Å²) in [7, 11) is 0. The molecule has 2 unspecified atom stereocenters. The van der Waals surface area contributed by atoms with Crippen molar-refractivity contribution in [1.82, 2.24) is 5.32 Å². The number of fused-ring (bicyclic) bond motifs is 1. The summed E-state index contributed by atoms with van der Waals surface area (Å²) in [5, 5.41) is 8.13. The van der Waals surface area contributed by atoms with Crippen LogP contribution in [0.4, 0.5) is 5.69 Å². The zero-order valence-electron chi connectivity index (χ0n) is 14.7. The highest BCUT2D eigenvalue weighted by molar-refractivity contribution is 8.01. The van der Waals surface area contributed by atoms with Gasteiger partial charge in [0.15, 0.2) is 0 Å². The molecule has 2 atom stereocenters. The first-order valence-electron chi connectivity index (χ1n) is 8.75. The van der Waals surface area contributed by atoms with Gasteiger partial charge in [-0.1, -0.05) is 41.9 Å². The van der Waals surface area contributed by atoms with Gasteiger partial charge in [0.2, 0.25) is 11.8 Å². The summed E-state index contributed by atoms with van der Waals surface area (Å²) in [6.45, 7) is 0. The molecule has 2 heterocycles. The van der Waals surface area contributed by atoms with Gasteiger partial charge in [-0.3, -0.25) is 9.59 Å². The molecule has 7 heteroatoms. The second kappa shape index (κ2) is 8.39. The monoisotopic (exact) mass is 428 g/mol. The Hall–Kier alpha value is -2.28. The molecule has 0 bridgehead atoms. The normalized spacial score (nSPS) is 16.8. The number of amides is 2. The average molecular weight is 429 g/mol. The minimum atomic E-state index is -0.455. The van der Waals surface area contributed by atoms with Crippen LogP contribution in [0.3, 0.4) is 0 Å². The van der Waals surface area contributed by atoms with Crippen LogP contribution >= 0.6 is 34.7 Å². The number of para-hydroxylation sites is 1. The number of benzene rings is 2. The second-order valence-electron chi connectivity index (χ2n) is 6.36. The van der Waals surface area contributed by atoms with E-state index >= 15 is 0 Å². The number of hydrogen-bond acceptors (Lipinski definition) is 4. The largest absolute Gasteiger partial charge is 0.344 e. The van der Waals surface area contributed by atoms with Gasteiger partial charge in [0.25, 0.3) is 0 Å². The Morgan fingerprint density at radius 1 is 1.11 bits per heavy atom. The Bertz CT molecular complexity index is 990. The molecule has 0 spiro atoms. The van der Waals surface area contributed by atoms with E-state index in [9.17, 15) is 9.59 Å². The molecule has 4 rings (SSSR count). The molecule has 0 radical (unpaired) electrons. The molecule has 4 nitrogen and oxygen atoms in total. The molecule has 0 saturated heterocycles. The maximum atomic E-state index is 12.8. The molecule has 1 aliphatic rings. The number of halogens is 1. The van der Waals surface area contributed by atoms with Gasteiger partial charge in [0.05, 0.1) is 17.0 Å². The van der Waals surface area contributed by atoms with E-state index in [2.05, 4.69) is 10.6 Å². The van der Waals surface area contributed by atoms with Crippen molar-refractivity contribution in [3.63, 3.8) is 0 Å². The zero-order chi connectivity index (χ0) is 19.5. The van der Waals surface area contributed by atoms with Crippen LogP contribution in [-0.4, -0.2) is 17.1 Å². The minimum Gasteiger partial charge on any atom is -0.344 e. The molecular weight excluding hydrogens is 412 g/mol. The first kappa shape index (κ1) is 19.1. The lowest BCUT2D eigenvalue weighted by Crippen LogP contribution is -2.36. The summed E-state index contributed by atoms with van der Waals surface area (Å²) in [5.74, 6) is -0.307. The molecule has 1 aliphatic heterocycles. The fourth-order valence-electron chi connectivity index (χ4n) is 3.04. The van der Waals surface area contributed by atoms with E-state index in [4.69, 9.17) is 11.6 Å². The summed E-state index contributed by atoms with van der Waals surface area (Å²) in [6.07, 6.45) is 0.111. The van der Waals surface area contributed by atoms with Crippen molar-refractivity contribution in [2.75, 3.05) is 5.32 Å². The minimum absolute atomic E-state index is 0.111. The van der Waals surface area contributed by atoms with E-state index in [0.717, 1.165) is 21.0 Å². The number of nitrogens with one attached hydrogen (secondary N) is 2. The Labute approximate surface area is 176 Å². The van der Waals surface area contributed by atoms with Gasteiger partial charge in [-0.25, -0.2) is 0 Å². The van der Waals surface area contributed by atoms with Gasteiger partial charge in [-0.2, -0.15) is 0 Å². The summed E-state index contributed by atoms with van der Waals surface area (Å²) in [4.78, 5) is 27.2. The highest BCUT2D eigenvalue weighted by atomic mass is 35.5. The summed E-state index contributed by atoms with van der Waals surface area (Å²) in [6, 6.07) is 18.7. The Balaban J connectivity index is 1.49. The third-order valence-electron chi connectivity index (χ3n) is 4.41. The van der Waals surface area contributed by atoms with Crippen LogP contribution in [0.1, 0.15) is 22.9 Å². The average Bonchev–Trinajstić information content (AvgIpc) is 3.22. The van der Waals surface area contributed by atoms with Crippen molar-refractivity contribution < 1.29 is 9.59 Å². The van der Waals surface area contributed by atoms with Crippen molar-refractivity contribution in [2.45, 2.75) is 22.6 Å². The lowest BCUT2D eigenvalue weighted by atomic mass is 10.0. The first-order valence-corrected chi connectivity index (χ1v) is 10.9. The van der Waals surface area contributed by atoms with Gasteiger partial charge >= 0.3 is 0 Å². The van der Waals surface area contributed by atoms with E-state index in [1.807, 2.05) is 66.0 Å². The predicted molar refractivity (Wildman–Crippen MR) is 115 cm³/mol. The number of thioether (sulfide) groups is 1. The molecular formula is C21H17ClN2O2S2. The molecule has 28 heavy (non-hydrogen) atoms. The van der Waals surface area contributed by atoms with Gasteiger partial charge in [0.1, 0.15) is 0 Å². The fraction of sp³-hybridized carbons (Fsp3) is 0.143. The van der Waals surface area contributed by atoms with E-state index in [-0.39, 0.29) is 24.3 Å². The predicted octanol–water partition coefficient (Wildman–Crippen LogP) is 5.11. The topological polar surface area (TPSA) is 58.2 Å². The summed E-state index contributed by atoms with van der Waals surface area (Å²) < 4.78 is 0. The number of hydrogen-bond donors (Lipinski definition) is 2. The van der Waals surface area contributed by atoms with E-state index in [0.29, 0.717) is 5.02 Å². The Morgan fingerprint density at radius 3 is 2.64 bits per heavy atom. The van der Waals surface area contributed by atoms with Gasteiger partial charge in [0, 0.05) is 21.2 Å². The number of carbonyl (C=O) groups is 2. The molecule has 142 valence electrons. The van der Waals surface area contributed by atoms with E-state index in [1.54, 1.807) is 11.3 Å². The highest BCUT2D eigenvalue weighted by Crippen LogP contribution is 2.37. The molecule has 1 aromatic heterocycles. The first-order chi connectivity index (χ1) is 13.6. The zero-order valence-corrected chi connectivity index (χ0v) is 17.1. The maximum Gasteiger partial charge on any atom is 0.238 e.